The maximum atomic E-state index is 13.4. The number of ether oxygens (including phenoxy) is 2. The highest BCUT2D eigenvalue weighted by Crippen LogP contribution is 2.38. The zero-order valence-electron chi connectivity index (χ0n) is 19.9. The van der Waals surface area contributed by atoms with Crippen molar-refractivity contribution >= 4 is 23.4 Å². The summed E-state index contributed by atoms with van der Waals surface area (Å²) in [5.41, 5.74) is 3.49. The van der Waals surface area contributed by atoms with Crippen LogP contribution in [0, 0.1) is 0 Å². The lowest BCUT2D eigenvalue weighted by Crippen LogP contribution is -2.31. The highest BCUT2D eigenvalue weighted by molar-refractivity contribution is 6.15. The van der Waals surface area contributed by atoms with E-state index in [2.05, 4.69) is 4.98 Å². The number of anilines is 1. The Morgan fingerprint density at radius 3 is 2.53 bits per heavy atom. The Hall–Kier alpha value is -4.20. The lowest BCUT2D eigenvalue weighted by Gasteiger charge is -2.20. The van der Waals surface area contributed by atoms with Gasteiger partial charge in [0.1, 0.15) is 0 Å². The minimum atomic E-state index is -0.429. The van der Waals surface area contributed by atoms with E-state index in [4.69, 9.17) is 9.47 Å². The number of hydrogen-bond acceptors (Lipinski definition) is 6. The Balaban J connectivity index is 1.24. The Labute approximate surface area is 208 Å². The van der Waals surface area contributed by atoms with Crippen molar-refractivity contribution in [3.63, 3.8) is 0 Å². The Kier molecular flexibility index (Phi) is 5.44. The molecule has 1 fully saturated rings. The molecule has 36 heavy (non-hydrogen) atoms. The molecule has 2 aromatic carbocycles. The first-order valence-corrected chi connectivity index (χ1v) is 12.1. The molecule has 6 rings (SSSR count). The number of benzene rings is 2. The third-order valence-electron chi connectivity index (χ3n) is 7.17. The topological polar surface area (TPSA) is 89.0 Å². The van der Waals surface area contributed by atoms with Gasteiger partial charge in [-0.3, -0.25) is 24.3 Å². The van der Waals surface area contributed by atoms with Gasteiger partial charge in [0.15, 0.2) is 11.5 Å². The third kappa shape index (κ3) is 3.69. The quantitative estimate of drug-likeness (QED) is 0.501. The average Bonchev–Trinajstić information content (AvgIpc) is 3.62. The predicted octanol–water partition coefficient (Wildman–Crippen LogP) is 4.37. The highest BCUT2D eigenvalue weighted by Gasteiger charge is 2.35. The summed E-state index contributed by atoms with van der Waals surface area (Å²) < 4.78 is 11.7. The summed E-state index contributed by atoms with van der Waals surface area (Å²) in [5, 5.41) is 0. The van der Waals surface area contributed by atoms with Gasteiger partial charge in [-0.15, -0.1) is 0 Å². The molecule has 8 heteroatoms. The molecule has 0 spiro atoms. The summed E-state index contributed by atoms with van der Waals surface area (Å²) in [6, 6.07) is 12.2. The summed E-state index contributed by atoms with van der Waals surface area (Å²) in [4.78, 5) is 46.2. The van der Waals surface area contributed by atoms with E-state index < -0.39 is 5.91 Å². The Morgan fingerprint density at radius 1 is 0.917 bits per heavy atom. The summed E-state index contributed by atoms with van der Waals surface area (Å²) in [6.45, 7) is 0.561. The van der Waals surface area contributed by atoms with E-state index in [9.17, 15) is 14.4 Å². The second-order valence-corrected chi connectivity index (χ2v) is 9.35. The van der Waals surface area contributed by atoms with Gasteiger partial charge in [0, 0.05) is 46.4 Å². The molecule has 0 N–H and O–H groups in total. The van der Waals surface area contributed by atoms with Gasteiger partial charge >= 0.3 is 0 Å². The van der Waals surface area contributed by atoms with Crippen molar-refractivity contribution in [3.05, 3.63) is 82.7 Å². The largest absolute Gasteiger partial charge is 0.493 e. The number of methoxy groups -OCH3 is 1. The molecule has 0 atom stereocenters. The molecule has 1 aliphatic carbocycles. The minimum absolute atomic E-state index is 0.157. The van der Waals surface area contributed by atoms with E-state index in [0.717, 1.165) is 36.8 Å². The molecule has 0 radical (unpaired) electrons. The molecule has 3 heterocycles. The molecule has 2 aliphatic heterocycles. The van der Waals surface area contributed by atoms with Crippen LogP contribution >= 0.6 is 0 Å². The molecule has 0 saturated heterocycles. The zero-order chi connectivity index (χ0) is 24.8. The van der Waals surface area contributed by atoms with Crippen LogP contribution in [0.1, 0.15) is 67.9 Å². The molecule has 0 unspecified atom stereocenters. The van der Waals surface area contributed by atoms with E-state index in [1.165, 1.54) is 11.1 Å². The zero-order valence-corrected chi connectivity index (χ0v) is 19.9. The molecule has 3 aliphatic rings. The van der Waals surface area contributed by atoms with Gasteiger partial charge in [0.2, 0.25) is 0 Å². The summed E-state index contributed by atoms with van der Waals surface area (Å²) in [7, 11) is 1.60. The van der Waals surface area contributed by atoms with Crippen molar-refractivity contribution in [3.8, 4) is 11.5 Å². The second kappa shape index (κ2) is 8.78. The molecule has 1 saturated carbocycles. The fourth-order valence-corrected chi connectivity index (χ4v) is 5.22. The van der Waals surface area contributed by atoms with Crippen molar-refractivity contribution in [1.82, 2.24) is 9.88 Å². The summed E-state index contributed by atoms with van der Waals surface area (Å²) >= 11 is 0. The van der Waals surface area contributed by atoms with Gasteiger partial charge in [-0.05, 0) is 61.6 Å². The monoisotopic (exact) mass is 483 g/mol. The number of rotatable bonds is 5. The third-order valence-corrected chi connectivity index (χ3v) is 7.17. The molecule has 3 amide bonds. The maximum absolute atomic E-state index is 13.4. The molecule has 8 nitrogen and oxygen atoms in total. The van der Waals surface area contributed by atoms with E-state index in [1.54, 1.807) is 42.5 Å². The van der Waals surface area contributed by atoms with Crippen LogP contribution < -0.4 is 14.4 Å². The van der Waals surface area contributed by atoms with Crippen molar-refractivity contribution in [1.29, 1.82) is 0 Å². The van der Waals surface area contributed by atoms with Gasteiger partial charge in [0.25, 0.3) is 17.7 Å². The number of carbonyl (C=O) groups is 3. The molecule has 1 aromatic heterocycles. The van der Waals surface area contributed by atoms with Gasteiger partial charge in [-0.1, -0.05) is 6.07 Å². The van der Waals surface area contributed by atoms with Crippen LogP contribution in [0.2, 0.25) is 0 Å². The van der Waals surface area contributed by atoms with Crippen LogP contribution in [0.4, 0.5) is 5.69 Å². The van der Waals surface area contributed by atoms with Crippen LogP contribution in [0.3, 0.4) is 0 Å². The van der Waals surface area contributed by atoms with Gasteiger partial charge < -0.3 is 14.4 Å². The predicted molar refractivity (Wildman–Crippen MR) is 131 cm³/mol. The number of carbonyl (C=O) groups excluding carboxylic acids is 3. The molecule has 3 aromatic rings. The van der Waals surface area contributed by atoms with Crippen LogP contribution in [0.5, 0.6) is 11.5 Å². The fourth-order valence-electron chi connectivity index (χ4n) is 5.22. The van der Waals surface area contributed by atoms with E-state index in [1.807, 2.05) is 18.2 Å². The number of hydrogen-bond donors (Lipinski definition) is 0. The Morgan fingerprint density at radius 2 is 1.75 bits per heavy atom. The first-order valence-electron chi connectivity index (χ1n) is 12.1. The van der Waals surface area contributed by atoms with Crippen LogP contribution in [0.25, 0.3) is 0 Å². The number of nitrogens with zero attached hydrogens (tertiary/aromatic N) is 3. The number of amides is 3. The maximum Gasteiger partial charge on any atom is 0.261 e. The highest BCUT2D eigenvalue weighted by atomic mass is 16.5. The van der Waals surface area contributed by atoms with Crippen molar-refractivity contribution in [2.45, 2.75) is 44.9 Å². The lowest BCUT2D eigenvalue weighted by molar-refractivity contribution is 0.0631. The molecule has 0 bridgehead atoms. The SMILES string of the molecule is COc1ccc(N2Cc3ccc(C(=O)N4Cc5cnccc5C4=O)cc3C2=O)cc1OC1CCCC1. The van der Waals surface area contributed by atoms with Gasteiger partial charge in [0.05, 0.1) is 26.3 Å². The van der Waals surface area contributed by atoms with Crippen LogP contribution in [0.15, 0.2) is 54.9 Å². The summed E-state index contributed by atoms with van der Waals surface area (Å²) in [5.74, 6) is 0.287. The van der Waals surface area contributed by atoms with E-state index in [0.29, 0.717) is 40.4 Å². The smallest absolute Gasteiger partial charge is 0.261 e. The molecule has 182 valence electrons. The van der Waals surface area contributed by atoms with Crippen LogP contribution in [-0.2, 0) is 13.1 Å². The normalized spacial score (nSPS) is 16.9. The lowest BCUT2D eigenvalue weighted by atomic mass is 10.1. The van der Waals surface area contributed by atoms with Crippen molar-refractivity contribution < 1.29 is 23.9 Å². The summed E-state index contributed by atoms with van der Waals surface area (Å²) in [6.07, 6.45) is 7.63. The number of fused-ring (bicyclic) bond motifs is 2. The van der Waals surface area contributed by atoms with Gasteiger partial charge in [-0.2, -0.15) is 0 Å². The van der Waals surface area contributed by atoms with Crippen molar-refractivity contribution in [2.75, 3.05) is 12.0 Å². The van der Waals surface area contributed by atoms with E-state index in [-0.39, 0.29) is 24.5 Å². The second-order valence-electron chi connectivity index (χ2n) is 9.35. The fraction of sp³-hybridized carbons (Fsp3) is 0.286. The van der Waals surface area contributed by atoms with Crippen LogP contribution in [-0.4, -0.2) is 40.8 Å². The molecular formula is C28H25N3O5. The first-order chi connectivity index (χ1) is 17.5. The van der Waals surface area contributed by atoms with Crippen molar-refractivity contribution in [2.24, 2.45) is 0 Å². The average molecular weight is 484 g/mol. The number of pyridine rings is 1. The number of imide groups is 1. The minimum Gasteiger partial charge on any atom is -0.493 e. The van der Waals surface area contributed by atoms with E-state index >= 15 is 0 Å². The Bertz CT molecular complexity index is 1400. The molecular weight excluding hydrogens is 458 g/mol. The first kappa shape index (κ1) is 22.3. The number of aromatic nitrogens is 1. The standard InChI is InChI=1S/C28H25N3O5/c1-35-24-9-8-20(13-25(24)36-21-4-2-3-5-21)30-15-18-7-6-17(12-23(18)28(30)34)26(32)31-16-19-14-29-11-10-22(19)27(31)33/h6-14,21H,2-5,15-16H2,1H3. The van der Waals surface area contributed by atoms with Gasteiger partial charge in [-0.25, -0.2) is 0 Å².